The Morgan fingerprint density at radius 2 is 1.85 bits per heavy atom. The van der Waals surface area contributed by atoms with Crippen LogP contribution >= 0.6 is 11.6 Å². The van der Waals surface area contributed by atoms with Crippen LogP contribution in [0.15, 0.2) is 42.5 Å². The molecule has 1 nitrogen and oxygen atoms in total. The molecular formula is C17H17ClFN. The maximum atomic E-state index is 14.3. The Bertz CT molecular complexity index is 641. The minimum Gasteiger partial charge on any atom is -0.318 e. The molecule has 3 heteroatoms. The molecule has 2 aromatic carbocycles. The van der Waals surface area contributed by atoms with Gasteiger partial charge in [0.1, 0.15) is 5.82 Å². The fourth-order valence-electron chi connectivity index (χ4n) is 3.16. The molecule has 104 valence electrons. The summed E-state index contributed by atoms with van der Waals surface area (Å²) in [7, 11) is 0. The zero-order valence-corrected chi connectivity index (χ0v) is 12.0. The van der Waals surface area contributed by atoms with Crippen LogP contribution in [0.5, 0.6) is 0 Å². The van der Waals surface area contributed by atoms with Gasteiger partial charge in [0.2, 0.25) is 0 Å². The Labute approximate surface area is 123 Å². The van der Waals surface area contributed by atoms with E-state index in [0.29, 0.717) is 10.6 Å². The second-order valence-electron chi connectivity index (χ2n) is 5.46. The molecule has 1 aliphatic carbocycles. The Morgan fingerprint density at radius 3 is 2.65 bits per heavy atom. The van der Waals surface area contributed by atoms with Gasteiger partial charge in [0.15, 0.2) is 0 Å². The number of aryl methyl sites for hydroxylation is 1. The zero-order valence-electron chi connectivity index (χ0n) is 11.2. The number of rotatable bonds is 1. The SMILES string of the molecule is NC1(c2ccc(Cl)cc2F)CCCCc2ccccc21. The second kappa shape index (κ2) is 5.19. The van der Waals surface area contributed by atoms with Crippen LogP contribution in [0.4, 0.5) is 4.39 Å². The van der Waals surface area contributed by atoms with Gasteiger partial charge in [0.25, 0.3) is 0 Å². The first-order valence-electron chi connectivity index (χ1n) is 6.94. The van der Waals surface area contributed by atoms with Crippen LogP contribution in [0.1, 0.15) is 36.0 Å². The molecule has 0 aromatic heterocycles. The first-order chi connectivity index (χ1) is 9.61. The lowest BCUT2D eigenvalue weighted by atomic mass is 9.79. The normalized spacial score (nSPS) is 22.1. The number of nitrogens with two attached hydrogens (primary N) is 1. The molecule has 2 N–H and O–H groups in total. The predicted octanol–water partition coefficient (Wildman–Crippen LogP) is 4.41. The van der Waals surface area contributed by atoms with Crippen LogP contribution in [0.2, 0.25) is 5.02 Å². The highest BCUT2D eigenvalue weighted by Crippen LogP contribution is 2.38. The number of hydrogen-bond acceptors (Lipinski definition) is 1. The Balaban J connectivity index is 2.19. The number of fused-ring (bicyclic) bond motifs is 1. The molecule has 1 unspecified atom stereocenters. The molecule has 0 fully saturated rings. The quantitative estimate of drug-likeness (QED) is 0.773. The van der Waals surface area contributed by atoms with Crippen molar-refractivity contribution in [1.82, 2.24) is 0 Å². The Hall–Kier alpha value is -1.38. The van der Waals surface area contributed by atoms with E-state index in [0.717, 1.165) is 31.2 Å². The van der Waals surface area contributed by atoms with Crippen molar-refractivity contribution in [3.63, 3.8) is 0 Å². The summed E-state index contributed by atoms with van der Waals surface area (Å²) in [6.45, 7) is 0. The molecule has 1 aliphatic rings. The molecule has 0 aliphatic heterocycles. The molecular weight excluding hydrogens is 273 g/mol. The highest BCUT2D eigenvalue weighted by molar-refractivity contribution is 6.30. The smallest absolute Gasteiger partial charge is 0.130 e. The third-order valence-electron chi connectivity index (χ3n) is 4.18. The van der Waals surface area contributed by atoms with Gasteiger partial charge in [-0.3, -0.25) is 0 Å². The van der Waals surface area contributed by atoms with E-state index >= 15 is 0 Å². The lowest BCUT2D eigenvalue weighted by Crippen LogP contribution is -2.39. The molecule has 3 rings (SSSR count). The van der Waals surface area contributed by atoms with Crippen LogP contribution in [-0.4, -0.2) is 0 Å². The third-order valence-corrected chi connectivity index (χ3v) is 4.41. The van der Waals surface area contributed by atoms with Crippen molar-refractivity contribution in [1.29, 1.82) is 0 Å². The fourth-order valence-corrected chi connectivity index (χ4v) is 3.32. The molecule has 0 bridgehead atoms. The average molecular weight is 290 g/mol. The largest absolute Gasteiger partial charge is 0.318 e. The topological polar surface area (TPSA) is 26.0 Å². The standard InChI is InChI=1S/C17H17ClFN/c18-13-8-9-15(16(19)11-13)17(20)10-4-3-6-12-5-1-2-7-14(12)17/h1-2,5,7-9,11H,3-4,6,10,20H2. The van der Waals surface area contributed by atoms with E-state index in [-0.39, 0.29) is 5.82 Å². The second-order valence-corrected chi connectivity index (χ2v) is 5.90. The van der Waals surface area contributed by atoms with E-state index in [1.165, 1.54) is 11.6 Å². The van der Waals surface area contributed by atoms with Gasteiger partial charge in [0, 0.05) is 10.6 Å². The molecule has 0 saturated heterocycles. The van der Waals surface area contributed by atoms with E-state index in [2.05, 4.69) is 6.07 Å². The van der Waals surface area contributed by atoms with Gasteiger partial charge in [0.05, 0.1) is 5.54 Å². The molecule has 1 atom stereocenters. The van der Waals surface area contributed by atoms with Gasteiger partial charge in [-0.2, -0.15) is 0 Å². The highest BCUT2D eigenvalue weighted by atomic mass is 35.5. The lowest BCUT2D eigenvalue weighted by molar-refractivity contribution is 0.452. The molecule has 2 aromatic rings. The minimum absolute atomic E-state index is 0.322. The third kappa shape index (κ3) is 2.23. The van der Waals surface area contributed by atoms with Crippen LogP contribution in [0.25, 0.3) is 0 Å². The van der Waals surface area contributed by atoms with Gasteiger partial charge >= 0.3 is 0 Å². The van der Waals surface area contributed by atoms with Gasteiger partial charge in [-0.1, -0.05) is 48.4 Å². The summed E-state index contributed by atoms with van der Waals surface area (Å²) in [5.74, 6) is -0.322. The van der Waals surface area contributed by atoms with E-state index in [1.54, 1.807) is 12.1 Å². The van der Waals surface area contributed by atoms with Crippen molar-refractivity contribution in [3.8, 4) is 0 Å². The van der Waals surface area contributed by atoms with Gasteiger partial charge < -0.3 is 5.73 Å². The van der Waals surface area contributed by atoms with Gasteiger partial charge in [-0.25, -0.2) is 4.39 Å². The van der Waals surface area contributed by atoms with E-state index < -0.39 is 5.54 Å². The number of halogens is 2. The summed E-state index contributed by atoms with van der Waals surface area (Å²) in [4.78, 5) is 0. The van der Waals surface area contributed by atoms with Crippen molar-refractivity contribution in [3.05, 3.63) is 70.0 Å². The van der Waals surface area contributed by atoms with Crippen LogP contribution in [0, 0.1) is 5.82 Å². The molecule has 0 amide bonds. The van der Waals surface area contributed by atoms with Crippen molar-refractivity contribution >= 4 is 11.6 Å². The van der Waals surface area contributed by atoms with Crippen molar-refractivity contribution in [2.24, 2.45) is 5.73 Å². The minimum atomic E-state index is -0.762. The molecule has 0 saturated carbocycles. The monoisotopic (exact) mass is 289 g/mol. The average Bonchev–Trinajstić information content (AvgIpc) is 2.59. The van der Waals surface area contributed by atoms with Gasteiger partial charge in [-0.05, 0) is 42.5 Å². The summed E-state index contributed by atoms with van der Waals surface area (Å²) >= 11 is 5.85. The maximum absolute atomic E-state index is 14.3. The molecule has 0 spiro atoms. The maximum Gasteiger partial charge on any atom is 0.130 e. The van der Waals surface area contributed by atoms with Crippen LogP contribution in [0.3, 0.4) is 0 Å². The molecule has 0 heterocycles. The van der Waals surface area contributed by atoms with Crippen molar-refractivity contribution < 1.29 is 4.39 Å². The van der Waals surface area contributed by atoms with E-state index in [9.17, 15) is 4.39 Å². The first kappa shape index (κ1) is 13.6. The summed E-state index contributed by atoms with van der Waals surface area (Å²) in [6.07, 6.45) is 3.84. The van der Waals surface area contributed by atoms with E-state index in [1.807, 2.05) is 18.2 Å². The van der Waals surface area contributed by atoms with Crippen LogP contribution in [-0.2, 0) is 12.0 Å². The first-order valence-corrected chi connectivity index (χ1v) is 7.32. The van der Waals surface area contributed by atoms with Gasteiger partial charge in [-0.15, -0.1) is 0 Å². The lowest BCUT2D eigenvalue weighted by Gasteiger charge is -2.31. The summed E-state index contributed by atoms with van der Waals surface area (Å²) in [5, 5.41) is 0.400. The predicted molar refractivity (Wildman–Crippen MR) is 80.4 cm³/mol. The Morgan fingerprint density at radius 1 is 1.05 bits per heavy atom. The highest BCUT2D eigenvalue weighted by Gasteiger charge is 2.35. The zero-order chi connectivity index (χ0) is 14.2. The summed E-state index contributed by atoms with van der Waals surface area (Å²) in [6, 6.07) is 12.9. The van der Waals surface area contributed by atoms with Crippen molar-refractivity contribution in [2.45, 2.75) is 31.2 Å². The molecule has 0 radical (unpaired) electrons. The summed E-state index contributed by atoms with van der Waals surface area (Å²) < 4.78 is 14.3. The number of hydrogen-bond donors (Lipinski definition) is 1. The molecule has 20 heavy (non-hydrogen) atoms. The van der Waals surface area contributed by atoms with Crippen molar-refractivity contribution in [2.75, 3.05) is 0 Å². The van der Waals surface area contributed by atoms with Crippen LogP contribution < -0.4 is 5.73 Å². The fraction of sp³-hybridized carbons (Fsp3) is 0.294. The number of benzene rings is 2. The van der Waals surface area contributed by atoms with E-state index in [4.69, 9.17) is 17.3 Å². The Kier molecular flexibility index (Phi) is 3.53. The summed E-state index contributed by atoms with van der Waals surface area (Å²) in [5.41, 5.74) is 8.70.